The third-order valence-electron chi connectivity index (χ3n) is 2.28. The van der Waals surface area contributed by atoms with Gasteiger partial charge in [-0.15, -0.1) is 0 Å². The lowest BCUT2D eigenvalue weighted by molar-refractivity contribution is -0.399. The Hall–Kier alpha value is -0.400. The maximum atomic E-state index is 9.17. The van der Waals surface area contributed by atoms with Crippen molar-refractivity contribution in [3.05, 3.63) is 0 Å². The highest BCUT2D eigenvalue weighted by atomic mass is 16.7. The fraction of sp³-hybridized carbons (Fsp3) is 1.00. The lowest BCUT2D eigenvalue weighted by Gasteiger charge is -2.36. The normalized spacial score (nSPS) is 33.4. The molecule has 0 amide bonds. The summed E-state index contributed by atoms with van der Waals surface area (Å²) in [7, 11) is 0. The van der Waals surface area contributed by atoms with E-state index in [4.69, 9.17) is 46.0 Å². The molecule has 0 aromatic carbocycles. The van der Waals surface area contributed by atoms with Crippen LogP contribution in [0.4, 0.5) is 0 Å². The zero-order valence-corrected chi connectivity index (χ0v) is 7.67. The Kier molecular flexibility index (Phi) is 3.03. The lowest BCUT2D eigenvalue weighted by atomic mass is 9.96. The average Bonchev–Trinajstić information content (AvgIpc) is 2.26. The largest absolute Gasteiger partial charge is 0.364 e. The van der Waals surface area contributed by atoms with E-state index in [0.717, 1.165) is 0 Å². The molecule has 10 nitrogen and oxygen atoms in total. The molecule has 1 rings (SSSR count). The third-order valence-corrected chi connectivity index (χ3v) is 2.28. The monoisotopic (exact) mass is 244 g/mol. The molecule has 1 aliphatic rings. The first-order valence-electron chi connectivity index (χ1n) is 3.99. The van der Waals surface area contributed by atoms with Crippen LogP contribution in [-0.4, -0.2) is 82.0 Å². The van der Waals surface area contributed by atoms with Gasteiger partial charge in [0.15, 0.2) is 6.10 Å². The molecule has 16 heavy (non-hydrogen) atoms. The Labute approximate surface area is 87.8 Å². The van der Waals surface area contributed by atoms with E-state index >= 15 is 0 Å². The number of aliphatic hydroxyl groups excluding tert-OH is 2. The zero-order valence-electron chi connectivity index (χ0n) is 7.67. The van der Waals surface area contributed by atoms with Crippen molar-refractivity contribution in [1.29, 1.82) is 0 Å². The Bertz CT molecular complexity index is 270. The van der Waals surface area contributed by atoms with Gasteiger partial charge in [0.05, 0.1) is 0 Å². The molecule has 0 aromatic heterocycles. The molecule has 96 valence electrons. The summed E-state index contributed by atoms with van der Waals surface area (Å²) < 4.78 is 4.05. The highest BCUT2D eigenvalue weighted by molar-refractivity contribution is 5.03. The minimum absolute atomic E-state index is 2.59. The quantitative estimate of drug-likeness (QED) is 0.211. The summed E-state index contributed by atoms with van der Waals surface area (Å²) in [4.78, 5) is 0. The fourth-order valence-electron chi connectivity index (χ4n) is 1.23. The van der Waals surface area contributed by atoms with Crippen molar-refractivity contribution in [3.63, 3.8) is 0 Å². The molecule has 2 atom stereocenters. The van der Waals surface area contributed by atoms with Gasteiger partial charge in [0.25, 0.3) is 11.6 Å². The van der Waals surface area contributed by atoms with Crippen molar-refractivity contribution in [2.24, 2.45) is 0 Å². The predicted octanol–water partition coefficient (Wildman–Crippen LogP) is -5.94. The van der Waals surface area contributed by atoms with Gasteiger partial charge in [-0.25, -0.2) is 0 Å². The maximum Gasteiger partial charge on any atom is 0.274 e. The van der Waals surface area contributed by atoms with Gasteiger partial charge < -0.3 is 50.7 Å². The molecule has 0 radical (unpaired) electrons. The van der Waals surface area contributed by atoms with E-state index in [1.165, 1.54) is 0 Å². The third kappa shape index (κ3) is 1.61. The number of hydrogen-bond donors (Lipinski definition) is 9. The molecule has 0 spiro atoms. The van der Waals surface area contributed by atoms with Crippen molar-refractivity contribution < 1.29 is 50.7 Å². The highest BCUT2D eigenvalue weighted by Crippen LogP contribution is 2.40. The summed E-state index contributed by atoms with van der Waals surface area (Å²) in [5.74, 6) is -11.0. The highest BCUT2D eigenvalue weighted by Gasteiger charge is 2.72. The van der Waals surface area contributed by atoms with Crippen LogP contribution in [0.15, 0.2) is 0 Å². The molecule has 1 fully saturated rings. The van der Waals surface area contributed by atoms with E-state index in [-0.39, 0.29) is 0 Å². The van der Waals surface area contributed by atoms with Crippen LogP contribution in [0, 0.1) is 0 Å². The van der Waals surface area contributed by atoms with Crippen LogP contribution in [0.1, 0.15) is 0 Å². The van der Waals surface area contributed by atoms with Gasteiger partial charge in [-0.1, -0.05) is 0 Å². The number of aliphatic hydroxyl groups is 9. The molecule has 9 N–H and O–H groups in total. The van der Waals surface area contributed by atoms with Crippen LogP contribution in [0.25, 0.3) is 0 Å². The Balaban J connectivity index is 3.11. The van der Waals surface area contributed by atoms with Gasteiger partial charge in [0.1, 0.15) is 0 Å². The van der Waals surface area contributed by atoms with Crippen molar-refractivity contribution in [2.75, 3.05) is 0 Å². The lowest BCUT2D eigenvalue weighted by Crippen LogP contribution is -2.66. The van der Waals surface area contributed by atoms with Crippen LogP contribution >= 0.6 is 0 Å². The molecule has 0 saturated carbocycles. The summed E-state index contributed by atoms with van der Waals surface area (Å²) in [5, 5.41) is 80.4. The Morgan fingerprint density at radius 1 is 1.00 bits per heavy atom. The topological polar surface area (TPSA) is 191 Å². The van der Waals surface area contributed by atoms with Crippen LogP contribution in [0.3, 0.4) is 0 Å². The first-order valence-corrected chi connectivity index (χ1v) is 3.99. The standard InChI is InChI=1S/C6H12O10/c7-2(8)4(10,11)1-5(12,13)6(14,15)3(9)16-1/h1-3,7-15H/t1-,3+/m1/s1. The van der Waals surface area contributed by atoms with Crippen molar-refractivity contribution in [1.82, 2.24) is 0 Å². The second-order valence-electron chi connectivity index (χ2n) is 3.48. The first kappa shape index (κ1) is 13.7. The van der Waals surface area contributed by atoms with Gasteiger partial charge >= 0.3 is 0 Å². The minimum Gasteiger partial charge on any atom is -0.364 e. The second-order valence-corrected chi connectivity index (χ2v) is 3.48. The SMILES string of the molecule is OC(O)C(O)(O)[C@H]1O[C@H](O)C(O)(O)C1(O)O. The van der Waals surface area contributed by atoms with E-state index in [9.17, 15) is 0 Å². The molecule has 1 saturated heterocycles. The van der Waals surface area contributed by atoms with Crippen molar-refractivity contribution in [3.8, 4) is 0 Å². The number of ether oxygens (including phenoxy) is 1. The Morgan fingerprint density at radius 2 is 1.44 bits per heavy atom. The average molecular weight is 244 g/mol. The summed E-state index contributed by atoms with van der Waals surface area (Å²) in [5.41, 5.74) is 0. The van der Waals surface area contributed by atoms with Gasteiger partial charge in [0, 0.05) is 0 Å². The van der Waals surface area contributed by atoms with Crippen molar-refractivity contribution >= 4 is 0 Å². The molecular formula is C6H12O10. The summed E-state index contributed by atoms with van der Waals surface area (Å²) in [6.45, 7) is 0. The molecule has 0 unspecified atom stereocenters. The maximum absolute atomic E-state index is 9.17. The molecular weight excluding hydrogens is 232 g/mol. The second kappa shape index (κ2) is 3.54. The van der Waals surface area contributed by atoms with E-state index in [2.05, 4.69) is 4.74 Å². The predicted molar refractivity (Wildman–Crippen MR) is 40.6 cm³/mol. The van der Waals surface area contributed by atoms with Gasteiger partial charge in [-0.3, -0.25) is 0 Å². The van der Waals surface area contributed by atoms with Crippen LogP contribution in [0.2, 0.25) is 0 Å². The van der Waals surface area contributed by atoms with Crippen LogP contribution in [0.5, 0.6) is 0 Å². The fourth-order valence-corrected chi connectivity index (χ4v) is 1.23. The van der Waals surface area contributed by atoms with Crippen LogP contribution < -0.4 is 0 Å². The summed E-state index contributed by atoms with van der Waals surface area (Å²) in [6.07, 6.45) is -8.19. The molecule has 1 aliphatic heterocycles. The first-order chi connectivity index (χ1) is 6.95. The minimum atomic E-state index is -3.74. The smallest absolute Gasteiger partial charge is 0.274 e. The molecule has 10 heteroatoms. The van der Waals surface area contributed by atoms with Gasteiger partial charge in [-0.05, 0) is 0 Å². The molecule has 0 aromatic rings. The molecule has 1 heterocycles. The van der Waals surface area contributed by atoms with Crippen molar-refractivity contribution in [2.45, 2.75) is 36.0 Å². The van der Waals surface area contributed by atoms with E-state index in [1.54, 1.807) is 0 Å². The Morgan fingerprint density at radius 3 is 1.69 bits per heavy atom. The summed E-state index contributed by atoms with van der Waals surface area (Å²) in [6, 6.07) is 0. The zero-order chi connectivity index (χ0) is 12.9. The van der Waals surface area contributed by atoms with Crippen LogP contribution in [-0.2, 0) is 4.74 Å². The molecule has 0 bridgehead atoms. The number of rotatable bonds is 2. The van der Waals surface area contributed by atoms with Gasteiger partial charge in [0.2, 0.25) is 18.4 Å². The van der Waals surface area contributed by atoms with E-state index in [0.29, 0.717) is 0 Å². The molecule has 0 aliphatic carbocycles. The number of hydrogen-bond acceptors (Lipinski definition) is 10. The van der Waals surface area contributed by atoms with E-state index < -0.39 is 36.0 Å². The van der Waals surface area contributed by atoms with E-state index in [1.807, 2.05) is 0 Å². The van der Waals surface area contributed by atoms with Gasteiger partial charge in [-0.2, -0.15) is 0 Å². The summed E-state index contributed by atoms with van der Waals surface area (Å²) >= 11 is 0.